The van der Waals surface area contributed by atoms with Crippen LogP contribution in [0.25, 0.3) is 0 Å². The zero-order valence-corrected chi connectivity index (χ0v) is 6.64. The maximum absolute atomic E-state index is 3.77. The molecule has 0 atom stereocenters. The number of rotatable bonds is 2. The third kappa shape index (κ3) is 1.36. The third-order valence-electron chi connectivity index (χ3n) is 1.06. The van der Waals surface area contributed by atoms with Gasteiger partial charge in [0.25, 0.3) is 0 Å². The van der Waals surface area contributed by atoms with Gasteiger partial charge in [-0.15, -0.1) is 22.0 Å². The molecule has 0 saturated heterocycles. The van der Waals surface area contributed by atoms with Crippen molar-refractivity contribution >= 4 is 17.6 Å². The van der Waals surface area contributed by atoms with Crippen molar-refractivity contribution in [1.29, 1.82) is 0 Å². The van der Waals surface area contributed by atoms with Crippen LogP contribution in [0.4, 0.5) is 5.82 Å². The van der Waals surface area contributed by atoms with Crippen molar-refractivity contribution in [2.45, 2.75) is 4.90 Å². The van der Waals surface area contributed by atoms with Crippen molar-refractivity contribution in [3.05, 3.63) is 6.20 Å². The van der Waals surface area contributed by atoms with Crippen LogP contribution in [-0.4, -0.2) is 28.7 Å². The fraction of sp³-hybridized carbons (Fsp3) is 0.400. The lowest BCUT2D eigenvalue weighted by atomic mass is 10.6. The second-order valence-corrected chi connectivity index (χ2v) is 2.45. The molecule has 0 bridgehead atoms. The molecular weight excluding hydrogens is 148 g/mol. The van der Waals surface area contributed by atoms with Gasteiger partial charge in [-0.2, -0.15) is 0 Å². The number of anilines is 1. The summed E-state index contributed by atoms with van der Waals surface area (Å²) in [5.41, 5.74) is 0. The van der Waals surface area contributed by atoms with Crippen LogP contribution in [0, 0.1) is 0 Å². The summed E-state index contributed by atoms with van der Waals surface area (Å²) in [6, 6.07) is 0. The molecule has 0 amide bonds. The summed E-state index contributed by atoms with van der Waals surface area (Å²) in [6.07, 6.45) is 3.66. The highest BCUT2D eigenvalue weighted by molar-refractivity contribution is 7.98. The average Bonchev–Trinajstić information content (AvgIpc) is 2.04. The maximum Gasteiger partial charge on any atom is 0.165 e. The number of hydrogen-bond acceptors (Lipinski definition) is 5. The molecule has 0 aromatic carbocycles. The normalized spacial score (nSPS) is 9.40. The van der Waals surface area contributed by atoms with E-state index in [2.05, 4.69) is 20.7 Å². The zero-order chi connectivity index (χ0) is 7.40. The Morgan fingerprint density at radius 1 is 1.60 bits per heavy atom. The SMILES string of the molecule is CNc1nnncc1SC. The maximum atomic E-state index is 3.77. The molecule has 0 spiro atoms. The fourth-order valence-electron chi connectivity index (χ4n) is 0.582. The van der Waals surface area contributed by atoms with Crippen molar-refractivity contribution in [2.75, 3.05) is 18.6 Å². The van der Waals surface area contributed by atoms with E-state index in [9.17, 15) is 0 Å². The molecule has 1 aromatic heterocycles. The van der Waals surface area contributed by atoms with E-state index in [1.165, 1.54) is 0 Å². The molecule has 5 heteroatoms. The number of nitrogens with zero attached hydrogens (tertiary/aromatic N) is 3. The van der Waals surface area contributed by atoms with Crippen molar-refractivity contribution in [3.63, 3.8) is 0 Å². The van der Waals surface area contributed by atoms with Gasteiger partial charge in [0.05, 0.1) is 11.1 Å². The number of aromatic nitrogens is 3. The molecule has 1 heterocycles. The first kappa shape index (κ1) is 7.27. The Morgan fingerprint density at radius 2 is 2.40 bits per heavy atom. The lowest BCUT2D eigenvalue weighted by molar-refractivity contribution is 0.843. The second kappa shape index (κ2) is 3.36. The average molecular weight is 156 g/mol. The summed E-state index contributed by atoms with van der Waals surface area (Å²) in [6.45, 7) is 0. The highest BCUT2D eigenvalue weighted by atomic mass is 32.2. The number of hydrogen-bond donors (Lipinski definition) is 1. The van der Waals surface area contributed by atoms with E-state index in [0.29, 0.717) is 0 Å². The molecule has 0 aliphatic heterocycles. The monoisotopic (exact) mass is 156 g/mol. The summed E-state index contributed by atoms with van der Waals surface area (Å²) in [7, 11) is 1.81. The smallest absolute Gasteiger partial charge is 0.165 e. The molecular formula is C5H8N4S. The molecule has 0 radical (unpaired) electrons. The summed E-state index contributed by atoms with van der Waals surface area (Å²) in [4.78, 5) is 1.01. The van der Waals surface area contributed by atoms with Gasteiger partial charge in [-0.25, -0.2) is 0 Å². The molecule has 0 aliphatic rings. The van der Waals surface area contributed by atoms with Gasteiger partial charge in [0.1, 0.15) is 0 Å². The minimum Gasteiger partial charge on any atom is -0.371 e. The Balaban J connectivity index is 2.96. The van der Waals surface area contributed by atoms with Gasteiger partial charge in [0.15, 0.2) is 5.82 Å². The molecule has 1 aromatic rings. The van der Waals surface area contributed by atoms with Crippen LogP contribution < -0.4 is 5.32 Å². The lowest BCUT2D eigenvalue weighted by Crippen LogP contribution is -1.97. The molecule has 1 rings (SSSR count). The molecule has 0 aliphatic carbocycles. The highest BCUT2D eigenvalue weighted by Crippen LogP contribution is 2.19. The van der Waals surface area contributed by atoms with E-state index in [1.54, 1.807) is 18.0 Å². The predicted molar refractivity (Wildman–Crippen MR) is 41.2 cm³/mol. The summed E-state index contributed by atoms with van der Waals surface area (Å²) in [5.74, 6) is 0.780. The predicted octanol–water partition coefficient (Wildman–Crippen LogP) is 0.635. The third-order valence-corrected chi connectivity index (χ3v) is 1.80. The molecule has 0 fully saturated rings. The van der Waals surface area contributed by atoms with E-state index in [1.807, 2.05) is 13.3 Å². The number of thioether (sulfide) groups is 1. The Labute approximate surface area is 63.4 Å². The fourth-order valence-corrected chi connectivity index (χ4v) is 1.07. The number of nitrogens with one attached hydrogen (secondary N) is 1. The van der Waals surface area contributed by atoms with Gasteiger partial charge in [-0.1, -0.05) is 0 Å². The zero-order valence-electron chi connectivity index (χ0n) is 5.83. The van der Waals surface area contributed by atoms with Crippen molar-refractivity contribution in [3.8, 4) is 0 Å². The first-order valence-electron chi connectivity index (χ1n) is 2.78. The van der Waals surface area contributed by atoms with Crippen LogP contribution in [0.1, 0.15) is 0 Å². The Hall–Kier alpha value is -0.840. The van der Waals surface area contributed by atoms with Gasteiger partial charge >= 0.3 is 0 Å². The minimum absolute atomic E-state index is 0.780. The second-order valence-electron chi connectivity index (χ2n) is 1.60. The Morgan fingerprint density at radius 3 is 2.90 bits per heavy atom. The van der Waals surface area contributed by atoms with Crippen LogP contribution in [0.5, 0.6) is 0 Å². The highest BCUT2D eigenvalue weighted by Gasteiger charge is 1.98. The molecule has 10 heavy (non-hydrogen) atoms. The van der Waals surface area contributed by atoms with Gasteiger partial charge in [-0.3, -0.25) is 0 Å². The Kier molecular flexibility index (Phi) is 2.44. The van der Waals surface area contributed by atoms with Crippen LogP contribution in [0.3, 0.4) is 0 Å². The first-order valence-corrected chi connectivity index (χ1v) is 4.01. The van der Waals surface area contributed by atoms with E-state index in [-0.39, 0.29) is 0 Å². The molecule has 1 N–H and O–H groups in total. The van der Waals surface area contributed by atoms with E-state index in [4.69, 9.17) is 0 Å². The van der Waals surface area contributed by atoms with Gasteiger partial charge < -0.3 is 5.32 Å². The van der Waals surface area contributed by atoms with Gasteiger partial charge in [0, 0.05) is 7.05 Å². The summed E-state index contributed by atoms with van der Waals surface area (Å²) < 4.78 is 0. The van der Waals surface area contributed by atoms with Crippen LogP contribution in [0.2, 0.25) is 0 Å². The topological polar surface area (TPSA) is 50.7 Å². The van der Waals surface area contributed by atoms with Gasteiger partial charge in [0.2, 0.25) is 0 Å². The minimum atomic E-state index is 0.780. The van der Waals surface area contributed by atoms with E-state index >= 15 is 0 Å². The van der Waals surface area contributed by atoms with Crippen LogP contribution >= 0.6 is 11.8 Å². The summed E-state index contributed by atoms with van der Waals surface area (Å²) in [5, 5.41) is 13.8. The van der Waals surface area contributed by atoms with Crippen molar-refractivity contribution in [2.24, 2.45) is 0 Å². The summed E-state index contributed by atoms with van der Waals surface area (Å²) >= 11 is 1.59. The first-order chi connectivity index (χ1) is 4.88. The van der Waals surface area contributed by atoms with E-state index < -0.39 is 0 Å². The molecule has 0 saturated carbocycles. The van der Waals surface area contributed by atoms with Crippen LogP contribution in [0.15, 0.2) is 11.1 Å². The largest absolute Gasteiger partial charge is 0.371 e. The van der Waals surface area contributed by atoms with Gasteiger partial charge in [-0.05, 0) is 11.5 Å². The molecule has 4 nitrogen and oxygen atoms in total. The lowest BCUT2D eigenvalue weighted by Gasteiger charge is -2.00. The molecule has 0 unspecified atom stereocenters. The standard InChI is InChI=1S/C5H8N4S/c1-6-5-4(10-2)3-7-9-8-5/h3H,1-2H3,(H,6,7,8). The quantitative estimate of drug-likeness (QED) is 0.637. The van der Waals surface area contributed by atoms with Crippen molar-refractivity contribution in [1.82, 2.24) is 15.4 Å². The Bertz CT molecular complexity index is 192. The molecule has 54 valence electrons. The van der Waals surface area contributed by atoms with Crippen molar-refractivity contribution < 1.29 is 0 Å². The van der Waals surface area contributed by atoms with E-state index in [0.717, 1.165) is 10.7 Å². The van der Waals surface area contributed by atoms with Crippen LogP contribution in [-0.2, 0) is 0 Å².